The van der Waals surface area contributed by atoms with Crippen LogP contribution in [-0.2, 0) is 9.53 Å². The Kier molecular flexibility index (Phi) is 6.39. The van der Waals surface area contributed by atoms with Gasteiger partial charge in [0.25, 0.3) is 0 Å². The number of rotatable bonds is 6. The monoisotopic (exact) mass is 259 g/mol. The van der Waals surface area contributed by atoms with Gasteiger partial charge in [0.2, 0.25) is 5.91 Å². The van der Waals surface area contributed by atoms with Crippen molar-refractivity contribution in [2.75, 3.05) is 33.4 Å². The van der Waals surface area contributed by atoms with Gasteiger partial charge in [-0.1, -0.05) is 12.2 Å². The third kappa shape index (κ3) is 6.55. The van der Waals surface area contributed by atoms with Gasteiger partial charge >= 0.3 is 0 Å². The Labute approximate surface area is 108 Å². The summed E-state index contributed by atoms with van der Waals surface area (Å²) < 4.78 is 5.24. The molecule has 0 aromatic rings. The van der Waals surface area contributed by atoms with Gasteiger partial charge in [0.1, 0.15) is 0 Å². The molecule has 1 saturated heterocycles. The normalized spacial score (nSPS) is 17.1. The molecule has 1 fully saturated rings. The Hall–Kier alpha value is -0.720. The lowest BCUT2D eigenvalue weighted by atomic mass is 10.1. The number of nitrogens with two attached hydrogens (primary N) is 1. The van der Waals surface area contributed by atoms with E-state index in [0.717, 1.165) is 32.6 Å². The Balaban J connectivity index is 2.16. The van der Waals surface area contributed by atoms with Gasteiger partial charge in [-0.3, -0.25) is 9.69 Å². The maximum Gasteiger partial charge on any atom is 0.234 e. The van der Waals surface area contributed by atoms with Crippen molar-refractivity contribution >= 4 is 23.1 Å². The summed E-state index contributed by atoms with van der Waals surface area (Å²) >= 11 is 4.80. The van der Waals surface area contributed by atoms with E-state index in [-0.39, 0.29) is 11.9 Å². The predicted octanol–water partition coefficient (Wildman–Crippen LogP) is -0.110. The molecular weight excluding hydrogens is 238 g/mol. The number of thiocarbonyl (C=S) groups is 1. The molecule has 3 N–H and O–H groups in total. The summed E-state index contributed by atoms with van der Waals surface area (Å²) in [5.74, 6) is 0.0577. The first-order chi connectivity index (χ1) is 8.08. The van der Waals surface area contributed by atoms with E-state index < -0.39 is 0 Å². The highest BCUT2D eigenvalue weighted by Gasteiger charge is 2.16. The molecule has 1 amide bonds. The van der Waals surface area contributed by atoms with Gasteiger partial charge in [0.15, 0.2) is 0 Å². The number of likely N-dealkylation sites (N-methyl/N-ethyl adjacent to an activating group) is 1. The highest BCUT2D eigenvalue weighted by atomic mass is 32.1. The van der Waals surface area contributed by atoms with Crippen LogP contribution in [0.1, 0.15) is 19.3 Å². The van der Waals surface area contributed by atoms with Gasteiger partial charge < -0.3 is 15.8 Å². The lowest BCUT2D eigenvalue weighted by Gasteiger charge is -2.24. The second-order valence-corrected chi connectivity index (χ2v) is 4.93. The van der Waals surface area contributed by atoms with Crippen molar-refractivity contribution in [2.45, 2.75) is 25.3 Å². The van der Waals surface area contributed by atoms with E-state index in [2.05, 4.69) is 5.32 Å². The first-order valence-electron chi connectivity index (χ1n) is 5.92. The fourth-order valence-corrected chi connectivity index (χ4v) is 1.83. The Morgan fingerprint density at radius 1 is 1.53 bits per heavy atom. The maximum atomic E-state index is 11.7. The van der Waals surface area contributed by atoms with E-state index in [1.807, 2.05) is 11.9 Å². The van der Waals surface area contributed by atoms with E-state index in [0.29, 0.717) is 18.0 Å². The Morgan fingerprint density at radius 2 is 2.18 bits per heavy atom. The second kappa shape index (κ2) is 7.58. The molecule has 1 heterocycles. The van der Waals surface area contributed by atoms with Crippen LogP contribution in [0.4, 0.5) is 0 Å². The maximum absolute atomic E-state index is 11.7. The van der Waals surface area contributed by atoms with Crippen molar-refractivity contribution in [2.24, 2.45) is 5.73 Å². The summed E-state index contributed by atoms with van der Waals surface area (Å²) in [4.78, 5) is 14.1. The van der Waals surface area contributed by atoms with Crippen LogP contribution >= 0.6 is 12.2 Å². The number of ether oxygens (including phenoxy) is 1. The number of carbonyl (C=O) groups excluding carboxylic acids is 1. The number of hydrogen-bond acceptors (Lipinski definition) is 4. The number of carbonyl (C=O) groups is 1. The van der Waals surface area contributed by atoms with Gasteiger partial charge in [-0.05, 0) is 19.9 Å². The molecule has 5 nitrogen and oxygen atoms in total. The lowest BCUT2D eigenvalue weighted by Crippen LogP contribution is -2.43. The van der Waals surface area contributed by atoms with E-state index in [1.54, 1.807) is 0 Å². The number of nitrogens with one attached hydrogen (secondary N) is 1. The Bertz CT molecular complexity index is 267. The molecule has 98 valence electrons. The van der Waals surface area contributed by atoms with Gasteiger partial charge in [0, 0.05) is 32.2 Å². The Morgan fingerprint density at radius 3 is 2.76 bits per heavy atom. The predicted molar refractivity (Wildman–Crippen MR) is 70.9 cm³/mol. The van der Waals surface area contributed by atoms with Crippen LogP contribution in [0.5, 0.6) is 0 Å². The van der Waals surface area contributed by atoms with E-state index in [4.69, 9.17) is 22.7 Å². The average molecular weight is 259 g/mol. The van der Waals surface area contributed by atoms with Crippen LogP contribution in [0.2, 0.25) is 0 Å². The SMILES string of the molecule is CN(CCC(N)=S)CC(=O)NC1CCOCC1. The third-order valence-electron chi connectivity index (χ3n) is 2.74. The van der Waals surface area contributed by atoms with Gasteiger partial charge in [-0.2, -0.15) is 0 Å². The minimum atomic E-state index is 0.0577. The van der Waals surface area contributed by atoms with Crippen molar-refractivity contribution < 1.29 is 9.53 Å². The molecule has 0 aromatic heterocycles. The smallest absolute Gasteiger partial charge is 0.234 e. The van der Waals surface area contributed by atoms with Crippen LogP contribution in [0, 0.1) is 0 Å². The number of amides is 1. The second-order valence-electron chi connectivity index (χ2n) is 4.41. The molecule has 6 heteroatoms. The largest absolute Gasteiger partial charge is 0.393 e. The van der Waals surface area contributed by atoms with Crippen molar-refractivity contribution in [3.8, 4) is 0 Å². The van der Waals surface area contributed by atoms with Gasteiger partial charge in [-0.15, -0.1) is 0 Å². The quantitative estimate of drug-likeness (QED) is 0.652. The lowest BCUT2D eigenvalue weighted by molar-refractivity contribution is -0.123. The topological polar surface area (TPSA) is 67.6 Å². The van der Waals surface area contributed by atoms with Crippen molar-refractivity contribution in [3.63, 3.8) is 0 Å². The van der Waals surface area contributed by atoms with Crippen LogP contribution < -0.4 is 11.1 Å². The van der Waals surface area contributed by atoms with Crippen LogP contribution in [0.25, 0.3) is 0 Å². The first kappa shape index (κ1) is 14.3. The molecular formula is C11H21N3O2S. The zero-order chi connectivity index (χ0) is 12.7. The fraction of sp³-hybridized carbons (Fsp3) is 0.818. The molecule has 1 aliphatic rings. The standard InChI is InChI=1S/C11H21N3O2S/c1-14(5-2-10(12)17)8-11(15)13-9-3-6-16-7-4-9/h9H,2-8H2,1H3,(H2,12,17)(H,13,15). The highest BCUT2D eigenvalue weighted by Crippen LogP contribution is 2.05. The zero-order valence-corrected chi connectivity index (χ0v) is 11.1. The molecule has 0 atom stereocenters. The summed E-state index contributed by atoms with van der Waals surface area (Å²) in [6, 6.07) is 0.264. The molecule has 0 radical (unpaired) electrons. The average Bonchev–Trinajstić information content (AvgIpc) is 2.27. The molecule has 0 spiro atoms. The summed E-state index contributed by atoms with van der Waals surface area (Å²) in [6.07, 6.45) is 2.46. The summed E-state index contributed by atoms with van der Waals surface area (Å²) in [5.41, 5.74) is 5.41. The fourth-order valence-electron chi connectivity index (χ4n) is 1.74. The minimum absolute atomic E-state index is 0.0577. The molecule has 0 aromatic carbocycles. The van der Waals surface area contributed by atoms with Crippen LogP contribution in [0.15, 0.2) is 0 Å². The van der Waals surface area contributed by atoms with Crippen molar-refractivity contribution in [3.05, 3.63) is 0 Å². The minimum Gasteiger partial charge on any atom is -0.393 e. The van der Waals surface area contributed by atoms with E-state index in [1.165, 1.54) is 0 Å². The van der Waals surface area contributed by atoms with E-state index in [9.17, 15) is 4.79 Å². The molecule has 1 aliphatic heterocycles. The highest BCUT2D eigenvalue weighted by molar-refractivity contribution is 7.80. The van der Waals surface area contributed by atoms with Gasteiger partial charge in [0.05, 0.1) is 11.5 Å². The third-order valence-corrected chi connectivity index (χ3v) is 2.94. The van der Waals surface area contributed by atoms with Crippen LogP contribution in [-0.4, -0.2) is 55.2 Å². The number of nitrogens with zero attached hydrogens (tertiary/aromatic N) is 1. The first-order valence-corrected chi connectivity index (χ1v) is 6.32. The molecule has 0 bridgehead atoms. The van der Waals surface area contributed by atoms with Crippen molar-refractivity contribution in [1.29, 1.82) is 0 Å². The van der Waals surface area contributed by atoms with Crippen LogP contribution in [0.3, 0.4) is 0 Å². The zero-order valence-electron chi connectivity index (χ0n) is 10.3. The summed E-state index contributed by atoms with van der Waals surface area (Å²) in [7, 11) is 1.89. The molecule has 17 heavy (non-hydrogen) atoms. The van der Waals surface area contributed by atoms with Gasteiger partial charge in [-0.25, -0.2) is 0 Å². The molecule has 0 unspecified atom stereocenters. The van der Waals surface area contributed by atoms with Crippen molar-refractivity contribution in [1.82, 2.24) is 10.2 Å². The molecule has 0 saturated carbocycles. The molecule has 0 aliphatic carbocycles. The number of hydrogen-bond donors (Lipinski definition) is 2. The summed E-state index contributed by atoms with van der Waals surface area (Å²) in [5, 5.41) is 3.01. The molecule has 1 rings (SSSR count). The van der Waals surface area contributed by atoms with E-state index >= 15 is 0 Å². The summed E-state index contributed by atoms with van der Waals surface area (Å²) in [6.45, 7) is 2.58.